The van der Waals surface area contributed by atoms with Crippen molar-refractivity contribution < 1.29 is 4.79 Å². The summed E-state index contributed by atoms with van der Waals surface area (Å²) in [7, 11) is 1.95. The molecule has 0 atom stereocenters. The van der Waals surface area contributed by atoms with Crippen molar-refractivity contribution in [2.45, 2.75) is 46.2 Å². The summed E-state index contributed by atoms with van der Waals surface area (Å²) in [6, 6.07) is 12.3. The third-order valence-corrected chi connectivity index (χ3v) is 5.01. The Morgan fingerprint density at radius 2 is 1.97 bits per heavy atom. The minimum Gasteiger partial charge on any atom is -0.341 e. The average molecular weight is 403 g/mol. The van der Waals surface area contributed by atoms with Crippen molar-refractivity contribution in [3.63, 3.8) is 0 Å². The van der Waals surface area contributed by atoms with E-state index in [0.717, 1.165) is 24.5 Å². The van der Waals surface area contributed by atoms with Gasteiger partial charge in [0.2, 0.25) is 0 Å². The van der Waals surface area contributed by atoms with Gasteiger partial charge in [-0.05, 0) is 55.8 Å². The maximum Gasteiger partial charge on any atom is 0.253 e. The van der Waals surface area contributed by atoms with Crippen molar-refractivity contribution in [2.24, 2.45) is 0 Å². The minimum atomic E-state index is -0.162. The van der Waals surface area contributed by atoms with E-state index in [-0.39, 0.29) is 17.9 Å². The molecule has 0 aliphatic heterocycles. The average Bonchev–Trinajstić information content (AvgIpc) is 3.07. The second kappa shape index (κ2) is 9.15. The van der Waals surface area contributed by atoms with Crippen molar-refractivity contribution in [3.05, 3.63) is 65.1 Å². The Labute approximate surface area is 178 Å². The van der Waals surface area contributed by atoms with Crippen LogP contribution in [0.1, 0.15) is 55.0 Å². The van der Waals surface area contributed by atoms with Crippen LogP contribution in [0.5, 0.6) is 0 Å². The summed E-state index contributed by atoms with van der Waals surface area (Å²) in [6.07, 6.45) is 1.63. The largest absolute Gasteiger partial charge is 0.341 e. The summed E-state index contributed by atoms with van der Waals surface area (Å²) in [5, 5.41) is 7.22. The highest BCUT2D eigenvalue weighted by atomic mass is 16.1. The SMILES string of the molecule is CCn1c(C#CCNC(=O)c2ccc(C(C)(C)C)nc2)cc2cc(CNC)ccc21. The van der Waals surface area contributed by atoms with Crippen LogP contribution in [-0.2, 0) is 18.5 Å². The lowest BCUT2D eigenvalue weighted by Crippen LogP contribution is -2.24. The monoisotopic (exact) mass is 402 g/mol. The van der Waals surface area contributed by atoms with E-state index in [1.165, 1.54) is 16.5 Å². The molecule has 5 heteroatoms. The van der Waals surface area contributed by atoms with Crippen LogP contribution in [0.25, 0.3) is 10.9 Å². The second-order valence-corrected chi connectivity index (χ2v) is 8.36. The Bertz CT molecular complexity index is 1090. The predicted octanol–water partition coefficient (Wildman–Crippen LogP) is 3.85. The molecule has 0 bridgehead atoms. The first-order chi connectivity index (χ1) is 14.3. The molecular formula is C25H30N4O. The summed E-state index contributed by atoms with van der Waals surface area (Å²) in [4.78, 5) is 16.8. The first-order valence-corrected chi connectivity index (χ1v) is 10.3. The second-order valence-electron chi connectivity index (χ2n) is 8.36. The number of hydrogen-bond acceptors (Lipinski definition) is 3. The molecule has 30 heavy (non-hydrogen) atoms. The molecule has 1 amide bonds. The quantitative estimate of drug-likeness (QED) is 0.637. The Kier molecular flexibility index (Phi) is 6.59. The fourth-order valence-electron chi connectivity index (χ4n) is 3.41. The molecule has 3 rings (SSSR count). The summed E-state index contributed by atoms with van der Waals surface area (Å²) in [5.74, 6) is 6.12. The van der Waals surface area contributed by atoms with Crippen molar-refractivity contribution in [1.29, 1.82) is 0 Å². The van der Waals surface area contributed by atoms with Crippen molar-refractivity contribution in [3.8, 4) is 11.8 Å². The van der Waals surface area contributed by atoms with E-state index in [0.29, 0.717) is 5.56 Å². The fraction of sp³-hybridized carbons (Fsp3) is 0.360. The number of carbonyl (C=O) groups is 1. The highest BCUT2D eigenvalue weighted by Gasteiger charge is 2.15. The highest BCUT2D eigenvalue weighted by Crippen LogP contribution is 2.21. The molecule has 2 heterocycles. The smallest absolute Gasteiger partial charge is 0.253 e. The Morgan fingerprint density at radius 1 is 1.17 bits per heavy atom. The van der Waals surface area contributed by atoms with Gasteiger partial charge in [0.1, 0.15) is 0 Å². The van der Waals surface area contributed by atoms with E-state index in [4.69, 9.17) is 0 Å². The van der Waals surface area contributed by atoms with Crippen molar-refractivity contribution in [2.75, 3.05) is 13.6 Å². The van der Waals surface area contributed by atoms with Crippen LogP contribution in [0.15, 0.2) is 42.6 Å². The van der Waals surface area contributed by atoms with Crippen LogP contribution in [-0.4, -0.2) is 29.1 Å². The minimum absolute atomic E-state index is 0.0357. The zero-order chi connectivity index (χ0) is 21.7. The molecule has 0 saturated carbocycles. The lowest BCUT2D eigenvalue weighted by Gasteiger charge is -2.17. The van der Waals surface area contributed by atoms with Gasteiger partial charge < -0.3 is 15.2 Å². The van der Waals surface area contributed by atoms with E-state index in [1.807, 2.05) is 19.2 Å². The predicted molar refractivity (Wildman–Crippen MR) is 123 cm³/mol. The number of rotatable bonds is 5. The Morgan fingerprint density at radius 3 is 2.60 bits per heavy atom. The van der Waals surface area contributed by atoms with Gasteiger partial charge in [0, 0.05) is 41.3 Å². The molecule has 1 aromatic carbocycles. The molecule has 5 nitrogen and oxygen atoms in total. The summed E-state index contributed by atoms with van der Waals surface area (Å²) < 4.78 is 2.20. The number of aromatic nitrogens is 2. The normalized spacial score (nSPS) is 11.2. The highest BCUT2D eigenvalue weighted by molar-refractivity contribution is 5.94. The number of carbonyl (C=O) groups excluding carboxylic acids is 1. The first kappa shape index (κ1) is 21.6. The number of aryl methyl sites for hydroxylation is 1. The third kappa shape index (κ3) is 4.90. The van der Waals surface area contributed by atoms with Crippen molar-refractivity contribution >= 4 is 16.8 Å². The molecule has 0 radical (unpaired) electrons. The lowest BCUT2D eigenvalue weighted by molar-refractivity contribution is 0.0958. The third-order valence-electron chi connectivity index (χ3n) is 5.01. The molecule has 0 aliphatic carbocycles. The molecule has 3 aromatic rings. The van der Waals surface area contributed by atoms with Gasteiger partial charge in [-0.2, -0.15) is 0 Å². The summed E-state index contributed by atoms with van der Waals surface area (Å²) in [6.45, 7) is 10.4. The number of amides is 1. The molecule has 2 N–H and O–H groups in total. The molecule has 0 saturated heterocycles. The van der Waals surface area contributed by atoms with Gasteiger partial charge in [-0.15, -0.1) is 0 Å². The summed E-state index contributed by atoms with van der Waals surface area (Å²) >= 11 is 0. The van der Waals surface area contributed by atoms with Crippen LogP contribution in [0.2, 0.25) is 0 Å². The van der Waals surface area contributed by atoms with Gasteiger partial charge in [-0.3, -0.25) is 9.78 Å². The number of benzene rings is 1. The molecule has 2 aromatic heterocycles. The number of pyridine rings is 1. The molecule has 0 spiro atoms. The fourth-order valence-corrected chi connectivity index (χ4v) is 3.41. The first-order valence-electron chi connectivity index (χ1n) is 10.3. The number of hydrogen-bond donors (Lipinski definition) is 2. The Hall–Kier alpha value is -3.10. The maximum atomic E-state index is 12.3. The van der Waals surface area contributed by atoms with E-state index in [1.54, 1.807) is 6.20 Å². The van der Waals surface area contributed by atoms with E-state index in [2.05, 4.69) is 84.0 Å². The van der Waals surface area contributed by atoms with Crippen LogP contribution in [0.4, 0.5) is 0 Å². The molecule has 0 unspecified atom stereocenters. The van der Waals surface area contributed by atoms with Gasteiger partial charge in [0.05, 0.1) is 17.8 Å². The molecular weight excluding hydrogens is 372 g/mol. The standard InChI is InChI=1S/C25H30N4O/c1-6-29-21(15-20-14-18(16-26-5)9-11-22(20)29)8-7-13-27-24(30)19-10-12-23(28-17-19)25(2,3)4/h9-12,14-15,17,26H,6,13,16H2,1-5H3,(H,27,30). The number of nitrogens with one attached hydrogen (secondary N) is 2. The van der Waals surface area contributed by atoms with Crippen LogP contribution >= 0.6 is 0 Å². The van der Waals surface area contributed by atoms with Crippen molar-refractivity contribution in [1.82, 2.24) is 20.2 Å². The van der Waals surface area contributed by atoms with Gasteiger partial charge in [-0.1, -0.05) is 32.8 Å². The van der Waals surface area contributed by atoms with E-state index < -0.39 is 0 Å². The van der Waals surface area contributed by atoms with Crippen LogP contribution < -0.4 is 10.6 Å². The molecule has 0 aliphatic rings. The molecule has 156 valence electrons. The number of fused-ring (bicyclic) bond motifs is 1. The van der Waals surface area contributed by atoms with Gasteiger partial charge in [0.15, 0.2) is 0 Å². The van der Waals surface area contributed by atoms with Crippen LogP contribution in [0, 0.1) is 11.8 Å². The van der Waals surface area contributed by atoms with Gasteiger partial charge >= 0.3 is 0 Å². The van der Waals surface area contributed by atoms with Crippen LogP contribution in [0.3, 0.4) is 0 Å². The zero-order valence-corrected chi connectivity index (χ0v) is 18.5. The Balaban J connectivity index is 1.69. The van der Waals surface area contributed by atoms with Gasteiger partial charge in [0.25, 0.3) is 5.91 Å². The maximum absolute atomic E-state index is 12.3. The van der Waals surface area contributed by atoms with Gasteiger partial charge in [-0.25, -0.2) is 0 Å². The van der Waals surface area contributed by atoms with E-state index in [9.17, 15) is 4.79 Å². The summed E-state index contributed by atoms with van der Waals surface area (Å²) in [5.41, 5.74) is 4.85. The number of nitrogens with zero attached hydrogens (tertiary/aromatic N) is 2. The molecule has 0 fully saturated rings. The van der Waals surface area contributed by atoms with E-state index >= 15 is 0 Å². The lowest BCUT2D eigenvalue weighted by atomic mass is 9.91. The topological polar surface area (TPSA) is 59.0 Å². The zero-order valence-electron chi connectivity index (χ0n) is 18.5.